The van der Waals surface area contributed by atoms with E-state index in [-0.39, 0.29) is 5.54 Å². The van der Waals surface area contributed by atoms with Crippen LogP contribution in [0.4, 0.5) is 5.82 Å². The Bertz CT molecular complexity index is 686. The van der Waals surface area contributed by atoms with Crippen LogP contribution in [-0.2, 0) is 24.9 Å². The molecule has 0 spiro atoms. The van der Waals surface area contributed by atoms with Gasteiger partial charge in [-0.15, -0.1) is 0 Å². The first kappa shape index (κ1) is 15.3. The van der Waals surface area contributed by atoms with Gasteiger partial charge in [-0.2, -0.15) is 5.10 Å². The smallest absolute Gasteiger partial charge is 0.134 e. The first-order valence-corrected chi connectivity index (χ1v) is 8.11. The number of nitrogens with zero attached hydrogens (tertiary/aromatic N) is 5. The second kappa shape index (κ2) is 5.54. The van der Waals surface area contributed by atoms with Crippen molar-refractivity contribution >= 4 is 17.4 Å². The number of hydrogen-bond acceptors (Lipinski definition) is 4. The number of fused-ring (bicyclic) bond motifs is 1. The lowest BCUT2D eigenvalue weighted by molar-refractivity contribution is 0.341. The van der Waals surface area contributed by atoms with Crippen LogP contribution >= 0.6 is 11.6 Å². The van der Waals surface area contributed by atoms with Gasteiger partial charge in [0.25, 0.3) is 0 Å². The van der Waals surface area contributed by atoms with Crippen molar-refractivity contribution in [3.05, 3.63) is 34.5 Å². The van der Waals surface area contributed by atoms with E-state index in [1.54, 1.807) is 0 Å². The molecule has 0 bridgehead atoms. The highest BCUT2D eigenvalue weighted by atomic mass is 35.5. The third kappa shape index (κ3) is 2.82. The molecule has 0 aromatic carbocycles. The Hall–Kier alpha value is -1.62. The zero-order chi connectivity index (χ0) is 15.9. The quantitative estimate of drug-likeness (QED) is 0.797. The summed E-state index contributed by atoms with van der Waals surface area (Å²) in [6, 6.07) is 1.85. The Balaban J connectivity index is 1.89. The zero-order valence-corrected chi connectivity index (χ0v) is 14.4. The molecule has 0 saturated heterocycles. The summed E-state index contributed by atoms with van der Waals surface area (Å²) in [5.74, 6) is 1.70. The van der Waals surface area contributed by atoms with E-state index in [9.17, 15) is 0 Å². The SMILES string of the molecule is CCc1nc(Cl)cc(N2CCc3c(cnn3C(C)(C)C)C2)n1. The van der Waals surface area contributed by atoms with Crippen molar-refractivity contribution in [1.29, 1.82) is 0 Å². The Labute approximate surface area is 136 Å². The van der Waals surface area contributed by atoms with Gasteiger partial charge in [0.2, 0.25) is 0 Å². The summed E-state index contributed by atoms with van der Waals surface area (Å²) in [5.41, 5.74) is 2.62. The normalized spacial score (nSPS) is 15.0. The third-order valence-electron chi connectivity index (χ3n) is 3.94. The first-order valence-electron chi connectivity index (χ1n) is 7.73. The van der Waals surface area contributed by atoms with Crippen LogP contribution in [0.3, 0.4) is 0 Å². The van der Waals surface area contributed by atoms with E-state index >= 15 is 0 Å². The lowest BCUT2D eigenvalue weighted by Gasteiger charge is -2.31. The predicted octanol–water partition coefficient (Wildman–Crippen LogP) is 3.21. The van der Waals surface area contributed by atoms with Crippen molar-refractivity contribution < 1.29 is 0 Å². The topological polar surface area (TPSA) is 46.8 Å². The molecule has 1 aliphatic rings. The van der Waals surface area contributed by atoms with Gasteiger partial charge in [0.1, 0.15) is 16.8 Å². The average Bonchev–Trinajstić information content (AvgIpc) is 2.89. The van der Waals surface area contributed by atoms with Crippen LogP contribution < -0.4 is 4.90 Å². The molecule has 5 nitrogen and oxygen atoms in total. The van der Waals surface area contributed by atoms with Crippen molar-refractivity contribution in [1.82, 2.24) is 19.7 Å². The minimum absolute atomic E-state index is 0.0172. The number of hydrogen-bond donors (Lipinski definition) is 0. The minimum atomic E-state index is 0.0172. The molecular formula is C16H22ClN5. The van der Waals surface area contributed by atoms with Crippen LogP contribution in [0.2, 0.25) is 5.15 Å². The second-order valence-electron chi connectivity index (χ2n) is 6.69. The molecule has 22 heavy (non-hydrogen) atoms. The second-order valence-corrected chi connectivity index (χ2v) is 7.08. The van der Waals surface area contributed by atoms with Gasteiger partial charge in [0.15, 0.2) is 0 Å². The Morgan fingerprint density at radius 1 is 1.27 bits per heavy atom. The molecule has 0 saturated carbocycles. The van der Waals surface area contributed by atoms with Crippen molar-refractivity contribution in [2.45, 2.75) is 52.6 Å². The molecule has 118 valence electrons. The lowest BCUT2D eigenvalue weighted by Crippen LogP contribution is -2.34. The van der Waals surface area contributed by atoms with E-state index in [2.05, 4.69) is 45.4 Å². The van der Waals surface area contributed by atoms with Crippen molar-refractivity contribution in [2.75, 3.05) is 11.4 Å². The summed E-state index contributed by atoms with van der Waals surface area (Å²) in [4.78, 5) is 11.1. The van der Waals surface area contributed by atoms with E-state index < -0.39 is 0 Å². The number of anilines is 1. The highest BCUT2D eigenvalue weighted by molar-refractivity contribution is 6.29. The summed E-state index contributed by atoms with van der Waals surface area (Å²) in [6.07, 6.45) is 3.74. The van der Waals surface area contributed by atoms with Crippen LogP contribution in [0.5, 0.6) is 0 Å². The summed E-state index contributed by atoms with van der Waals surface area (Å²) >= 11 is 6.12. The van der Waals surface area contributed by atoms with Crippen LogP contribution in [0.1, 0.15) is 44.8 Å². The molecule has 3 rings (SSSR count). The molecule has 1 aliphatic heterocycles. The highest BCUT2D eigenvalue weighted by Crippen LogP contribution is 2.27. The van der Waals surface area contributed by atoms with Crippen LogP contribution in [0.15, 0.2) is 12.3 Å². The highest BCUT2D eigenvalue weighted by Gasteiger charge is 2.26. The third-order valence-corrected chi connectivity index (χ3v) is 4.13. The minimum Gasteiger partial charge on any atom is -0.352 e. The monoisotopic (exact) mass is 319 g/mol. The molecule has 2 aromatic rings. The molecule has 0 aliphatic carbocycles. The number of aryl methyl sites for hydroxylation is 1. The van der Waals surface area contributed by atoms with Gasteiger partial charge in [-0.25, -0.2) is 9.97 Å². The lowest BCUT2D eigenvalue weighted by atomic mass is 10.0. The Morgan fingerprint density at radius 3 is 2.73 bits per heavy atom. The van der Waals surface area contributed by atoms with Gasteiger partial charge in [-0.1, -0.05) is 18.5 Å². The molecule has 6 heteroatoms. The van der Waals surface area contributed by atoms with Crippen molar-refractivity contribution in [3.63, 3.8) is 0 Å². The molecule has 0 N–H and O–H groups in total. The summed E-state index contributed by atoms with van der Waals surface area (Å²) in [5, 5.41) is 5.09. The molecule has 0 radical (unpaired) electrons. The van der Waals surface area contributed by atoms with E-state index in [4.69, 9.17) is 11.6 Å². The van der Waals surface area contributed by atoms with Gasteiger partial charge >= 0.3 is 0 Å². The molecular weight excluding hydrogens is 298 g/mol. The summed E-state index contributed by atoms with van der Waals surface area (Å²) in [7, 11) is 0. The van der Waals surface area contributed by atoms with E-state index in [0.717, 1.165) is 37.6 Å². The number of aromatic nitrogens is 4. The number of halogens is 1. The van der Waals surface area contributed by atoms with Crippen LogP contribution in [-0.4, -0.2) is 26.3 Å². The van der Waals surface area contributed by atoms with E-state index in [1.807, 2.05) is 19.2 Å². The summed E-state index contributed by atoms with van der Waals surface area (Å²) in [6.45, 7) is 10.3. The van der Waals surface area contributed by atoms with Gasteiger partial charge in [0.05, 0.1) is 11.7 Å². The van der Waals surface area contributed by atoms with Gasteiger partial charge in [0, 0.05) is 43.3 Å². The maximum Gasteiger partial charge on any atom is 0.134 e. The van der Waals surface area contributed by atoms with Crippen molar-refractivity contribution in [2.24, 2.45) is 0 Å². The van der Waals surface area contributed by atoms with Crippen LogP contribution in [0.25, 0.3) is 0 Å². The predicted molar refractivity (Wildman–Crippen MR) is 88.4 cm³/mol. The zero-order valence-electron chi connectivity index (χ0n) is 13.6. The average molecular weight is 320 g/mol. The largest absolute Gasteiger partial charge is 0.352 e. The fourth-order valence-corrected chi connectivity index (χ4v) is 3.07. The molecule has 0 amide bonds. The van der Waals surface area contributed by atoms with Gasteiger partial charge in [-0.05, 0) is 20.8 Å². The van der Waals surface area contributed by atoms with Gasteiger partial charge in [-0.3, -0.25) is 4.68 Å². The maximum absolute atomic E-state index is 6.12. The standard InChI is InChI=1S/C16H22ClN5/c1-5-14-19-13(17)8-15(20-14)21-7-6-12-11(10-21)9-18-22(12)16(2,3)4/h8-9H,5-7,10H2,1-4H3. The van der Waals surface area contributed by atoms with Crippen molar-refractivity contribution in [3.8, 4) is 0 Å². The molecule has 2 aromatic heterocycles. The molecule has 3 heterocycles. The van der Waals surface area contributed by atoms with E-state index in [1.165, 1.54) is 11.3 Å². The molecule has 0 unspecified atom stereocenters. The first-order chi connectivity index (χ1) is 10.4. The molecule has 0 fully saturated rings. The Kier molecular flexibility index (Phi) is 3.85. The van der Waals surface area contributed by atoms with Crippen LogP contribution in [0, 0.1) is 0 Å². The number of rotatable bonds is 2. The molecule has 0 atom stereocenters. The Morgan fingerprint density at radius 2 is 2.05 bits per heavy atom. The maximum atomic E-state index is 6.12. The van der Waals surface area contributed by atoms with E-state index in [0.29, 0.717) is 5.15 Å². The fraction of sp³-hybridized carbons (Fsp3) is 0.562. The summed E-state index contributed by atoms with van der Waals surface area (Å²) < 4.78 is 2.14. The fourth-order valence-electron chi connectivity index (χ4n) is 2.88. The van der Waals surface area contributed by atoms with Gasteiger partial charge < -0.3 is 4.90 Å².